The Labute approximate surface area is 136 Å². The maximum Gasteiger partial charge on any atom is 0.289 e. The maximum atomic E-state index is 12.6. The topological polar surface area (TPSA) is 68.7 Å². The van der Waals surface area contributed by atoms with Crippen LogP contribution in [0.5, 0.6) is 0 Å². The number of ether oxygens (including phenoxy) is 1. The molecule has 122 valence electrons. The van der Waals surface area contributed by atoms with Crippen molar-refractivity contribution in [1.29, 1.82) is 0 Å². The largest absolute Gasteiger partial charge is 0.451 e. The minimum absolute atomic E-state index is 0.0355. The molecule has 1 saturated heterocycles. The van der Waals surface area contributed by atoms with E-state index in [1.165, 1.54) is 0 Å². The molecule has 1 amide bonds. The van der Waals surface area contributed by atoms with Crippen LogP contribution in [0.4, 0.5) is 5.69 Å². The predicted octanol–water partition coefficient (Wildman–Crippen LogP) is 3.09. The van der Waals surface area contributed by atoms with Crippen LogP contribution in [0.3, 0.4) is 0 Å². The summed E-state index contributed by atoms with van der Waals surface area (Å²) in [6.07, 6.45) is 0.0709. The van der Waals surface area contributed by atoms with Gasteiger partial charge in [-0.1, -0.05) is 12.1 Å². The summed E-state index contributed by atoms with van der Waals surface area (Å²) in [5.74, 6) is 0.912. The van der Waals surface area contributed by atoms with Crippen LogP contribution in [-0.2, 0) is 4.74 Å². The fourth-order valence-corrected chi connectivity index (χ4v) is 3.02. The van der Waals surface area contributed by atoms with E-state index >= 15 is 0 Å². The van der Waals surface area contributed by atoms with Crippen LogP contribution in [-0.4, -0.2) is 36.1 Å². The Bertz CT molecular complexity index is 713. The summed E-state index contributed by atoms with van der Waals surface area (Å²) in [5, 5.41) is 0. The summed E-state index contributed by atoms with van der Waals surface area (Å²) in [7, 11) is 0. The SMILES string of the molecule is Cc1c(N)cccc1-c1ccc(C(=O)N2CC(C)OC(C)C2)o1. The Kier molecular flexibility index (Phi) is 4.13. The minimum Gasteiger partial charge on any atom is -0.451 e. The lowest BCUT2D eigenvalue weighted by Crippen LogP contribution is -2.48. The summed E-state index contributed by atoms with van der Waals surface area (Å²) in [6, 6.07) is 9.22. The van der Waals surface area contributed by atoms with Crippen molar-refractivity contribution >= 4 is 11.6 Å². The molecule has 1 fully saturated rings. The standard InChI is InChI=1S/C18H22N2O3/c1-11-9-20(10-12(2)22-11)18(21)17-8-7-16(23-17)14-5-4-6-15(19)13(14)3/h4-8,11-12H,9-10,19H2,1-3H3. The van der Waals surface area contributed by atoms with E-state index in [0.717, 1.165) is 11.1 Å². The predicted molar refractivity (Wildman–Crippen MR) is 89.2 cm³/mol. The van der Waals surface area contributed by atoms with Crippen molar-refractivity contribution in [3.05, 3.63) is 41.7 Å². The van der Waals surface area contributed by atoms with Gasteiger partial charge in [0.15, 0.2) is 5.76 Å². The van der Waals surface area contributed by atoms with Gasteiger partial charge < -0.3 is 19.8 Å². The van der Waals surface area contributed by atoms with Crippen LogP contribution in [0.15, 0.2) is 34.7 Å². The number of amides is 1. The lowest BCUT2D eigenvalue weighted by atomic mass is 10.1. The van der Waals surface area contributed by atoms with Crippen LogP contribution in [0.25, 0.3) is 11.3 Å². The van der Waals surface area contributed by atoms with Crippen LogP contribution < -0.4 is 5.73 Å². The highest BCUT2D eigenvalue weighted by Crippen LogP contribution is 2.29. The average molecular weight is 314 g/mol. The molecule has 2 N–H and O–H groups in total. The maximum absolute atomic E-state index is 12.6. The smallest absolute Gasteiger partial charge is 0.289 e. The summed E-state index contributed by atoms with van der Waals surface area (Å²) in [6.45, 7) is 7.05. The normalized spacial score (nSPS) is 21.4. The molecular formula is C18H22N2O3. The number of nitrogens with zero attached hydrogens (tertiary/aromatic N) is 1. The Morgan fingerprint density at radius 3 is 2.57 bits per heavy atom. The molecule has 5 heteroatoms. The third kappa shape index (κ3) is 3.10. The molecular weight excluding hydrogens is 292 g/mol. The van der Waals surface area contributed by atoms with Gasteiger partial charge in [-0.15, -0.1) is 0 Å². The van der Waals surface area contributed by atoms with Crippen molar-refractivity contribution in [2.75, 3.05) is 18.8 Å². The molecule has 0 spiro atoms. The Balaban J connectivity index is 1.84. The van der Waals surface area contributed by atoms with Gasteiger partial charge in [-0.25, -0.2) is 0 Å². The molecule has 1 aliphatic rings. The Morgan fingerprint density at radius 2 is 1.87 bits per heavy atom. The van der Waals surface area contributed by atoms with Crippen LogP contribution in [0.2, 0.25) is 0 Å². The third-order valence-corrected chi connectivity index (χ3v) is 4.16. The Hall–Kier alpha value is -2.27. The molecule has 0 bridgehead atoms. The second-order valence-corrected chi connectivity index (χ2v) is 6.15. The zero-order chi connectivity index (χ0) is 16.6. The molecule has 2 atom stereocenters. The number of carbonyl (C=O) groups is 1. The molecule has 0 radical (unpaired) electrons. The number of furan rings is 1. The zero-order valence-corrected chi connectivity index (χ0v) is 13.7. The number of benzene rings is 1. The van der Waals surface area contributed by atoms with Crippen molar-refractivity contribution < 1.29 is 13.9 Å². The molecule has 1 aliphatic heterocycles. The molecule has 0 saturated carbocycles. The fraction of sp³-hybridized carbons (Fsp3) is 0.389. The van der Waals surface area contributed by atoms with Crippen molar-refractivity contribution in [2.45, 2.75) is 33.0 Å². The molecule has 2 unspecified atom stereocenters. The quantitative estimate of drug-likeness (QED) is 0.865. The van der Waals surface area contributed by atoms with Gasteiger partial charge >= 0.3 is 0 Å². The number of anilines is 1. The zero-order valence-electron chi connectivity index (χ0n) is 13.7. The molecule has 5 nitrogen and oxygen atoms in total. The van der Waals surface area contributed by atoms with E-state index < -0.39 is 0 Å². The number of hydrogen-bond acceptors (Lipinski definition) is 4. The van der Waals surface area contributed by atoms with Gasteiger partial charge in [0.2, 0.25) is 0 Å². The van der Waals surface area contributed by atoms with Gasteiger partial charge in [0.25, 0.3) is 5.91 Å². The van der Waals surface area contributed by atoms with E-state index in [9.17, 15) is 4.79 Å². The highest BCUT2D eigenvalue weighted by atomic mass is 16.5. The summed E-state index contributed by atoms with van der Waals surface area (Å²) in [4.78, 5) is 14.4. The van der Waals surface area contributed by atoms with E-state index in [1.807, 2.05) is 45.0 Å². The van der Waals surface area contributed by atoms with Crippen LogP contribution >= 0.6 is 0 Å². The van der Waals surface area contributed by atoms with E-state index in [4.69, 9.17) is 14.9 Å². The lowest BCUT2D eigenvalue weighted by Gasteiger charge is -2.34. The van der Waals surface area contributed by atoms with Gasteiger partial charge in [-0.2, -0.15) is 0 Å². The molecule has 23 heavy (non-hydrogen) atoms. The van der Waals surface area contributed by atoms with Crippen LogP contribution in [0.1, 0.15) is 30.0 Å². The van der Waals surface area contributed by atoms with E-state index in [1.54, 1.807) is 11.0 Å². The van der Waals surface area contributed by atoms with E-state index in [-0.39, 0.29) is 18.1 Å². The molecule has 0 aliphatic carbocycles. The van der Waals surface area contributed by atoms with Gasteiger partial charge in [0, 0.05) is 24.3 Å². The van der Waals surface area contributed by atoms with Crippen molar-refractivity contribution in [3.8, 4) is 11.3 Å². The first kappa shape index (κ1) is 15.6. The minimum atomic E-state index is -0.0974. The summed E-state index contributed by atoms with van der Waals surface area (Å²) < 4.78 is 11.5. The van der Waals surface area contributed by atoms with Gasteiger partial charge in [0.1, 0.15) is 5.76 Å². The van der Waals surface area contributed by atoms with E-state index in [0.29, 0.717) is 30.3 Å². The lowest BCUT2D eigenvalue weighted by molar-refractivity contribution is -0.0592. The number of carbonyl (C=O) groups excluding carboxylic acids is 1. The average Bonchev–Trinajstić information content (AvgIpc) is 2.98. The highest BCUT2D eigenvalue weighted by Gasteiger charge is 2.28. The summed E-state index contributed by atoms with van der Waals surface area (Å²) >= 11 is 0. The van der Waals surface area contributed by atoms with Crippen molar-refractivity contribution in [1.82, 2.24) is 4.90 Å². The van der Waals surface area contributed by atoms with E-state index in [2.05, 4.69) is 0 Å². The molecule has 3 rings (SSSR count). The highest BCUT2D eigenvalue weighted by molar-refractivity contribution is 5.92. The monoisotopic (exact) mass is 314 g/mol. The number of nitrogen functional groups attached to an aromatic ring is 1. The Morgan fingerprint density at radius 1 is 1.17 bits per heavy atom. The second-order valence-electron chi connectivity index (χ2n) is 6.15. The number of hydrogen-bond donors (Lipinski definition) is 1. The first-order chi connectivity index (χ1) is 11.0. The van der Waals surface area contributed by atoms with Crippen LogP contribution in [0, 0.1) is 6.92 Å². The molecule has 2 heterocycles. The molecule has 1 aromatic carbocycles. The first-order valence-corrected chi connectivity index (χ1v) is 7.85. The summed E-state index contributed by atoms with van der Waals surface area (Å²) in [5.41, 5.74) is 8.52. The number of nitrogens with two attached hydrogens (primary N) is 1. The number of rotatable bonds is 2. The van der Waals surface area contributed by atoms with Gasteiger partial charge in [0.05, 0.1) is 12.2 Å². The first-order valence-electron chi connectivity index (χ1n) is 7.85. The molecule has 1 aromatic heterocycles. The number of morpholine rings is 1. The third-order valence-electron chi connectivity index (χ3n) is 4.16. The van der Waals surface area contributed by atoms with Gasteiger partial charge in [-0.3, -0.25) is 4.79 Å². The van der Waals surface area contributed by atoms with Gasteiger partial charge in [-0.05, 0) is 44.5 Å². The fourth-order valence-electron chi connectivity index (χ4n) is 3.02. The molecule has 2 aromatic rings. The second kappa shape index (κ2) is 6.08. The van der Waals surface area contributed by atoms with Crippen molar-refractivity contribution in [2.24, 2.45) is 0 Å². The van der Waals surface area contributed by atoms with Crippen molar-refractivity contribution in [3.63, 3.8) is 0 Å².